The summed E-state index contributed by atoms with van der Waals surface area (Å²) in [7, 11) is 0. The highest BCUT2D eigenvalue weighted by atomic mass is 19.2. The smallest absolute Gasteiger partial charge is 0.325 e. The fourth-order valence-corrected chi connectivity index (χ4v) is 0.899. The molecule has 1 unspecified atom stereocenters. The molecule has 0 spiro atoms. The Morgan fingerprint density at radius 3 is 1.93 bits per heavy atom. The molecule has 0 fully saturated rings. The van der Waals surface area contributed by atoms with Gasteiger partial charge in [0.05, 0.1) is 5.56 Å². The van der Waals surface area contributed by atoms with Gasteiger partial charge in [-0.05, 0) is 0 Å². The van der Waals surface area contributed by atoms with E-state index in [1.807, 2.05) is 0 Å². The summed E-state index contributed by atoms with van der Waals surface area (Å²) >= 11 is 0. The molecule has 0 saturated carbocycles. The second kappa shape index (κ2) is 3.81. The van der Waals surface area contributed by atoms with E-state index in [1.54, 1.807) is 0 Å². The van der Waals surface area contributed by atoms with E-state index in [4.69, 9.17) is 10.8 Å². The molecule has 1 heterocycles. The number of hydrogen-bond donors (Lipinski definition) is 2. The van der Waals surface area contributed by atoms with Crippen molar-refractivity contribution in [2.24, 2.45) is 5.73 Å². The number of aliphatic carboxylic acids is 1. The first-order valence-electron chi connectivity index (χ1n) is 3.54. The summed E-state index contributed by atoms with van der Waals surface area (Å²) < 4.78 is 50.7. The molecule has 82 valence electrons. The molecule has 4 nitrogen and oxygen atoms in total. The molecular weight excluding hydrogens is 220 g/mol. The highest BCUT2D eigenvalue weighted by Crippen LogP contribution is 2.22. The van der Waals surface area contributed by atoms with E-state index in [2.05, 4.69) is 4.98 Å². The van der Waals surface area contributed by atoms with Crippen LogP contribution in [0.4, 0.5) is 17.6 Å². The Bertz CT molecular complexity index is 398. The number of aromatic nitrogens is 1. The highest BCUT2D eigenvalue weighted by Gasteiger charge is 2.28. The van der Waals surface area contributed by atoms with Crippen molar-refractivity contribution in [2.75, 3.05) is 0 Å². The Morgan fingerprint density at radius 1 is 1.20 bits per heavy atom. The van der Waals surface area contributed by atoms with Gasteiger partial charge >= 0.3 is 5.97 Å². The molecule has 0 amide bonds. The van der Waals surface area contributed by atoms with Gasteiger partial charge in [-0.25, -0.2) is 8.78 Å². The molecule has 0 aromatic carbocycles. The minimum atomic E-state index is -2.20. The number of nitrogens with zero attached hydrogens (tertiary/aromatic N) is 1. The predicted molar refractivity (Wildman–Crippen MR) is 38.6 cm³/mol. The van der Waals surface area contributed by atoms with E-state index in [0.29, 0.717) is 0 Å². The van der Waals surface area contributed by atoms with Crippen LogP contribution in [-0.2, 0) is 4.79 Å². The van der Waals surface area contributed by atoms with Crippen LogP contribution in [0, 0.1) is 23.5 Å². The zero-order valence-electron chi connectivity index (χ0n) is 6.97. The lowest BCUT2D eigenvalue weighted by Gasteiger charge is -2.09. The molecule has 0 bridgehead atoms. The minimum absolute atomic E-state index is 1.40. The summed E-state index contributed by atoms with van der Waals surface area (Å²) in [6.07, 6.45) is 0. The van der Waals surface area contributed by atoms with Crippen molar-refractivity contribution >= 4 is 5.97 Å². The van der Waals surface area contributed by atoms with E-state index >= 15 is 0 Å². The summed E-state index contributed by atoms with van der Waals surface area (Å²) in [5.74, 6) is -9.54. The van der Waals surface area contributed by atoms with Crippen LogP contribution in [0.3, 0.4) is 0 Å². The zero-order valence-corrected chi connectivity index (χ0v) is 6.97. The van der Waals surface area contributed by atoms with Crippen LogP contribution in [0.2, 0.25) is 0 Å². The first-order chi connectivity index (χ1) is 6.86. The fraction of sp³-hybridized carbons (Fsp3) is 0.143. The minimum Gasteiger partial charge on any atom is -0.480 e. The maximum Gasteiger partial charge on any atom is 0.325 e. The molecule has 1 aromatic heterocycles. The molecular formula is C7H4F4N2O2. The second-order valence-corrected chi connectivity index (χ2v) is 2.55. The highest BCUT2D eigenvalue weighted by molar-refractivity contribution is 5.75. The summed E-state index contributed by atoms with van der Waals surface area (Å²) in [6.45, 7) is 0. The standard InChI is InChI=1S/C7H4F4N2O2/c8-2-1(4(12)7(14)15)3(9)6(11)13-5(2)10/h4H,12H2,(H,14,15). The van der Waals surface area contributed by atoms with Crippen LogP contribution in [0.1, 0.15) is 11.6 Å². The molecule has 8 heteroatoms. The van der Waals surface area contributed by atoms with Gasteiger partial charge in [0.15, 0.2) is 11.6 Å². The van der Waals surface area contributed by atoms with Gasteiger partial charge in [0.2, 0.25) is 0 Å². The summed E-state index contributed by atoms with van der Waals surface area (Å²) in [5, 5.41) is 8.34. The predicted octanol–water partition coefficient (Wildman–Crippen LogP) is 0.722. The van der Waals surface area contributed by atoms with Crippen molar-refractivity contribution in [3.05, 3.63) is 29.1 Å². The quantitative estimate of drug-likeness (QED) is 0.573. The number of pyridine rings is 1. The summed E-state index contributed by atoms with van der Waals surface area (Å²) in [6, 6.07) is -2.20. The van der Waals surface area contributed by atoms with Gasteiger partial charge in [0, 0.05) is 0 Å². The third-order valence-electron chi connectivity index (χ3n) is 1.61. The Morgan fingerprint density at radius 2 is 1.60 bits per heavy atom. The third kappa shape index (κ3) is 1.89. The maximum atomic E-state index is 12.9. The van der Waals surface area contributed by atoms with E-state index in [1.165, 1.54) is 0 Å². The molecule has 0 aliphatic rings. The van der Waals surface area contributed by atoms with Crippen LogP contribution >= 0.6 is 0 Å². The van der Waals surface area contributed by atoms with Gasteiger partial charge in [-0.1, -0.05) is 0 Å². The van der Waals surface area contributed by atoms with Crippen molar-refractivity contribution < 1.29 is 27.5 Å². The van der Waals surface area contributed by atoms with Crippen molar-refractivity contribution in [1.29, 1.82) is 0 Å². The number of nitrogens with two attached hydrogens (primary N) is 1. The van der Waals surface area contributed by atoms with E-state index in [-0.39, 0.29) is 0 Å². The van der Waals surface area contributed by atoms with Crippen molar-refractivity contribution in [1.82, 2.24) is 4.98 Å². The number of hydrogen-bond acceptors (Lipinski definition) is 3. The molecule has 1 atom stereocenters. The molecule has 0 saturated heterocycles. The molecule has 0 aliphatic heterocycles. The molecule has 3 N–H and O–H groups in total. The zero-order chi connectivity index (χ0) is 11.7. The van der Waals surface area contributed by atoms with Gasteiger partial charge in [-0.2, -0.15) is 13.8 Å². The van der Waals surface area contributed by atoms with Gasteiger partial charge < -0.3 is 10.8 Å². The number of rotatable bonds is 2. The lowest BCUT2D eigenvalue weighted by molar-refractivity contribution is -0.138. The SMILES string of the molecule is NC(C(=O)O)c1c(F)c(F)nc(F)c1F. The van der Waals surface area contributed by atoms with E-state index in [0.717, 1.165) is 0 Å². The number of carboxylic acids is 1. The van der Waals surface area contributed by atoms with Gasteiger partial charge in [-0.3, -0.25) is 4.79 Å². The van der Waals surface area contributed by atoms with Gasteiger partial charge in [-0.15, -0.1) is 0 Å². The number of halogens is 4. The molecule has 0 radical (unpaired) electrons. The van der Waals surface area contributed by atoms with Gasteiger partial charge in [0.25, 0.3) is 11.9 Å². The van der Waals surface area contributed by atoms with Crippen LogP contribution in [0.5, 0.6) is 0 Å². The average Bonchev–Trinajstić information content (AvgIpc) is 2.15. The van der Waals surface area contributed by atoms with Crippen LogP contribution in [0.15, 0.2) is 0 Å². The van der Waals surface area contributed by atoms with E-state index in [9.17, 15) is 22.4 Å². The first-order valence-corrected chi connectivity index (χ1v) is 3.54. The molecule has 15 heavy (non-hydrogen) atoms. The van der Waals surface area contributed by atoms with Gasteiger partial charge in [0.1, 0.15) is 6.04 Å². The Kier molecular flexibility index (Phi) is 2.89. The topological polar surface area (TPSA) is 76.2 Å². The Balaban J connectivity index is 3.45. The lowest BCUT2D eigenvalue weighted by Crippen LogP contribution is -2.25. The van der Waals surface area contributed by atoms with Crippen LogP contribution in [-0.4, -0.2) is 16.1 Å². The van der Waals surface area contributed by atoms with Crippen LogP contribution in [0.25, 0.3) is 0 Å². The normalized spacial score (nSPS) is 12.6. The maximum absolute atomic E-state index is 12.9. The van der Waals surface area contributed by atoms with Crippen LogP contribution < -0.4 is 5.73 Å². The lowest BCUT2D eigenvalue weighted by atomic mass is 10.1. The summed E-state index contributed by atoms with van der Waals surface area (Å²) in [4.78, 5) is 12.5. The molecule has 1 aromatic rings. The second-order valence-electron chi connectivity index (χ2n) is 2.55. The summed E-state index contributed by atoms with van der Waals surface area (Å²) in [5.41, 5.74) is 3.44. The van der Waals surface area contributed by atoms with E-state index < -0.39 is 41.1 Å². The monoisotopic (exact) mass is 224 g/mol. The van der Waals surface area contributed by atoms with Crippen molar-refractivity contribution in [3.8, 4) is 0 Å². The average molecular weight is 224 g/mol. The fourth-order valence-electron chi connectivity index (χ4n) is 0.899. The first kappa shape index (κ1) is 11.4. The van der Waals surface area contributed by atoms with Crippen molar-refractivity contribution in [2.45, 2.75) is 6.04 Å². The largest absolute Gasteiger partial charge is 0.480 e. The molecule has 1 rings (SSSR count). The third-order valence-corrected chi connectivity index (χ3v) is 1.61. The Labute approximate surface area is 80.3 Å². The molecule has 0 aliphatic carbocycles. The Hall–Kier alpha value is -1.70. The number of carboxylic acid groups (broad SMARTS) is 1. The van der Waals surface area contributed by atoms with Crippen molar-refractivity contribution in [3.63, 3.8) is 0 Å². The number of carbonyl (C=O) groups is 1.